The molecule has 0 radical (unpaired) electrons. The normalized spacial score (nSPS) is 19.6. The van der Waals surface area contributed by atoms with Crippen LogP contribution in [0.5, 0.6) is 0 Å². The Kier molecular flexibility index (Phi) is 2.79. The van der Waals surface area contributed by atoms with Gasteiger partial charge in [0.2, 0.25) is 0 Å². The van der Waals surface area contributed by atoms with E-state index < -0.39 is 0 Å². The van der Waals surface area contributed by atoms with E-state index in [2.05, 4.69) is 25.8 Å². The molecule has 1 fully saturated rings. The highest BCUT2D eigenvalue weighted by molar-refractivity contribution is 5.20. The number of hydrogen-bond donors (Lipinski definition) is 1. The number of aromatic nitrogens is 5. The minimum atomic E-state index is 0.489. The van der Waals surface area contributed by atoms with Gasteiger partial charge in [0.1, 0.15) is 0 Å². The van der Waals surface area contributed by atoms with E-state index in [1.165, 1.54) is 12.8 Å². The Morgan fingerprint density at radius 2 is 2.41 bits per heavy atom. The maximum Gasteiger partial charge on any atom is 0.160 e. The van der Waals surface area contributed by atoms with Crippen molar-refractivity contribution in [1.29, 1.82) is 0 Å². The van der Waals surface area contributed by atoms with Crippen molar-refractivity contribution in [3.63, 3.8) is 0 Å². The van der Waals surface area contributed by atoms with Gasteiger partial charge in [0.25, 0.3) is 0 Å². The van der Waals surface area contributed by atoms with E-state index in [4.69, 9.17) is 0 Å². The molecule has 2 aromatic rings. The van der Waals surface area contributed by atoms with Gasteiger partial charge in [0.05, 0.1) is 0 Å². The summed E-state index contributed by atoms with van der Waals surface area (Å²) in [5, 5.41) is 15.3. The Morgan fingerprint density at radius 1 is 1.41 bits per heavy atom. The van der Waals surface area contributed by atoms with Crippen LogP contribution < -0.4 is 5.32 Å². The van der Waals surface area contributed by atoms with Crippen molar-refractivity contribution in [3.8, 4) is 5.82 Å². The molecule has 3 rings (SSSR count). The second-order valence-corrected chi connectivity index (χ2v) is 4.19. The van der Waals surface area contributed by atoms with Gasteiger partial charge in [-0.05, 0) is 41.9 Å². The van der Waals surface area contributed by atoms with Crippen LogP contribution in [-0.4, -0.2) is 37.8 Å². The predicted octanol–water partition coefficient (Wildman–Crippen LogP) is 0.352. The summed E-state index contributed by atoms with van der Waals surface area (Å²) in [5.41, 5.74) is 0. The quantitative estimate of drug-likeness (QED) is 0.824. The van der Waals surface area contributed by atoms with E-state index >= 15 is 0 Å². The second-order valence-electron chi connectivity index (χ2n) is 4.19. The lowest BCUT2D eigenvalue weighted by Gasteiger charge is -2.09. The van der Waals surface area contributed by atoms with E-state index in [0.717, 1.165) is 24.6 Å². The highest BCUT2D eigenvalue weighted by atomic mass is 15.6. The van der Waals surface area contributed by atoms with Crippen molar-refractivity contribution < 1.29 is 0 Å². The molecule has 0 bridgehead atoms. The summed E-state index contributed by atoms with van der Waals surface area (Å²) in [6, 6.07) is 6.21. The third kappa shape index (κ3) is 2.16. The molecular weight excluding hydrogens is 216 g/mol. The van der Waals surface area contributed by atoms with Gasteiger partial charge >= 0.3 is 0 Å². The number of tetrazole rings is 1. The molecule has 0 aromatic carbocycles. The molecule has 0 aliphatic carbocycles. The average Bonchev–Trinajstić information content (AvgIpc) is 3.02. The molecular formula is C11H14N6. The molecule has 0 spiro atoms. The first-order valence-electron chi connectivity index (χ1n) is 5.85. The van der Waals surface area contributed by atoms with Gasteiger partial charge in [-0.1, -0.05) is 6.07 Å². The standard InChI is InChI=1S/C11H14N6/c1-2-6-13-10(5-1)17-11(14-15-16-17)8-9-4-3-7-12-9/h1-2,5-6,9,12H,3-4,7-8H2. The molecule has 1 aliphatic rings. The molecule has 6 heteroatoms. The summed E-state index contributed by atoms with van der Waals surface area (Å²) in [5.74, 6) is 1.63. The van der Waals surface area contributed by atoms with Crippen LogP contribution in [0.25, 0.3) is 5.82 Å². The smallest absolute Gasteiger partial charge is 0.160 e. The number of nitrogens with zero attached hydrogens (tertiary/aromatic N) is 5. The molecule has 17 heavy (non-hydrogen) atoms. The number of hydrogen-bond acceptors (Lipinski definition) is 5. The minimum Gasteiger partial charge on any atom is -0.314 e. The Labute approximate surface area is 99.1 Å². The minimum absolute atomic E-state index is 0.489. The molecule has 0 saturated carbocycles. The van der Waals surface area contributed by atoms with Gasteiger partial charge in [0.15, 0.2) is 11.6 Å². The van der Waals surface area contributed by atoms with Crippen molar-refractivity contribution in [1.82, 2.24) is 30.5 Å². The SMILES string of the molecule is c1ccc(-n2nnnc2CC2CCCN2)nc1. The van der Waals surface area contributed by atoms with Crippen molar-refractivity contribution in [2.24, 2.45) is 0 Å². The number of pyridine rings is 1. The maximum absolute atomic E-state index is 4.26. The monoisotopic (exact) mass is 230 g/mol. The first-order valence-corrected chi connectivity index (χ1v) is 5.85. The summed E-state index contributed by atoms with van der Waals surface area (Å²) < 4.78 is 1.71. The van der Waals surface area contributed by atoms with Gasteiger partial charge in [-0.15, -0.1) is 5.10 Å². The summed E-state index contributed by atoms with van der Waals surface area (Å²) in [6.45, 7) is 1.09. The van der Waals surface area contributed by atoms with Crippen molar-refractivity contribution in [2.45, 2.75) is 25.3 Å². The van der Waals surface area contributed by atoms with Crippen LogP contribution in [0.15, 0.2) is 24.4 Å². The van der Waals surface area contributed by atoms with Crippen LogP contribution in [0, 0.1) is 0 Å². The van der Waals surface area contributed by atoms with Gasteiger partial charge in [-0.25, -0.2) is 4.98 Å². The maximum atomic E-state index is 4.26. The zero-order valence-corrected chi connectivity index (χ0v) is 9.45. The molecule has 88 valence electrons. The van der Waals surface area contributed by atoms with E-state index in [9.17, 15) is 0 Å². The molecule has 1 N–H and O–H groups in total. The number of nitrogens with one attached hydrogen (secondary N) is 1. The van der Waals surface area contributed by atoms with Crippen LogP contribution in [0.4, 0.5) is 0 Å². The fourth-order valence-electron chi connectivity index (χ4n) is 2.14. The fourth-order valence-corrected chi connectivity index (χ4v) is 2.14. The summed E-state index contributed by atoms with van der Waals surface area (Å²) >= 11 is 0. The van der Waals surface area contributed by atoms with E-state index in [1.807, 2.05) is 18.2 Å². The highest BCUT2D eigenvalue weighted by Crippen LogP contribution is 2.11. The first kappa shape index (κ1) is 10.3. The molecule has 0 amide bonds. The topological polar surface area (TPSA) is 68.5 Å². The van der Waals surface area contributed by atoms with Crippen LogP contribution in [0.3, 0.4) is 0 Å². The zero-order valence-electron chi connectivity index (χ0n) is 9.45. The lowest BCUT2D eigenvalue weighted by molar-refractivity contribution is 0.573. The third-order valence-electron chi connectivity index (χ3n) is 2.99. The summed E-state index contributed by atoms with van der Waals surface area (Å²) in [4.78, 5) is 4.26. The largest absolute Gasteiger partial charge is 0.314 e. The van der Waals surface area contributed by atoms with Crippen LogP contribution in [-0.2, 0) is 6.42 Å². The third-order valence-corrected chi connectivity index (χ3v) is 2.99. The van der Waals surface area contributed by atoms with Gasteiger partial charge in [0, 0.05) is 18.7 Å². The van der Waals surface area contributed by atoms with Gasteiger partial charge in [-0.3, -0.25) is 0 Å². The van der Waals surface area contributed by atoms with E-state index in [1.54, 1.807) is 10.9 Å². The summed E-state index contributed by atoms with van der Waals surface area (Å²) in [6.07, 6.45) is 5.02. The molecule has 1 aliphatic heterocycles. The Hall–Kier alpha value is -1.82. The lowest BCUT2D eigenvalue weighted by atomic mass is 10.1. The molecule has 2 aromatic heterocycles. The van der Waals surface area contributed by atoms with E-state index in [0.29, 0.717) is 6.04 Å². The fraction of sp³-hybridized carbons (Fsp3) is 0.455. The Bertz CT molecular complexity index is 474. The lowest BCUT2D eigenvalue weighted by Crippen LogP contribution is -2.25. The van der Waals surface area contributed by atoms with Gasteiger partial charge < -0.3 is 5.32 Å². The Balaban J connectivity index is 1.84. The van der Waals surface area contributed by atoms with Crippen molar-refractivity contribution >= 4 is 0 Å². The average molecular weight is 230 g/mol. The van der Waals surface area contributed by atoms with E-state index in [-0.39, 0.29) is 0 Å². The summed E-state index contributed by atoms with van der Waals surface area (Å²) in [7, 11) is 0. The molecule has 6 nitrogen and oxygen atoms in total. The van der Waals surface area contributed by atoms with Gasteiger partial charge in [-0.2, -0.15) is 4.68 Å². The van der Waals surface area contributed by atoms with Crippen LogP contribution in [0.1, 0.15) is 18.7 Å². The first-order chi connectivity index (χ1) is 8.43. The molecule has 3 heterocycles. The Morgan fingerprint density at radius 3 is 3.18 bits per heavy atom. The van der Waals surface area contributed by atoms with Crippen LogP contribution >= 0.6 is 0 Å². The molecule has 1 saturated heterocycles. The van der Waals surface area contributed by atoms with Crippen molar-refractivity contribution in [2.75, 3.05) is 6.54 Å². The molecule has 1 unspecified atom stereocenters. The van der Waals surface area contributed by atoms with Crippen LogP contribution in [0.2, 0.25) is 0 Å². The van der Waals surface area contributed by atoms with Crippen molar-refractivity contribution in [3.05, 3.63) is 30.2 Å². The number of rotatable bonds is 3. The zero-order chi connectivity index (χ0) is 11.5. The second kappa shape index (κ2) is 4.58. The highest BCUT2D eigenvalue weighted by Gasteiger charge is 2.18. The molecule has 1 atom stereocenters. The predicted molar refractivity (Wildman–Crippen MR) is 61.7 cm³/mol.